The summed E-state index contributed by atoms with van der Waals surface area (Å²) in [5, 5.41) is 39.8. The molecule has 0 fully saturated rings. The summed E-state index contributed by atoms with van der Waals surface area (Å²) < 4.78 is 14.0. The zero-order valence-corrected chi connectivity index (χ0v) is 34.7. The van der Waals surface area contributed by atoms with Crippen LogP contribution in [0.15, 0.2) is 57.6 Å². The van der Waals surface area contributed by atoms with Gasteiger partial charge in [0.25, 0.3) is 11.8 Å². The molecule has 342 valence electrons. The molecule has 16 nitrogen and oxygen atoms in total. The summed E-state index contributed by atoms with van der Waals surface area (Å²) in [5.74, 6) is 0.102. The van der Waals surface area contributed by atoms with E-state index in [1.807, 2.05) is 4.68 Å². The molecule has 0 saturated heterocycles. The summed E-state index contributed by atoms with van der Waals surface area (Å²) in [4.78, 5) is 29.7. The van der Waals surface area contributed by atoms with Gasteiger partial charge in [-0.1, -0.05) is 98.6 Å². The number of allylic oxidation sites excluding steroid dienone is 1. The molecular weight excluding hydrogens is 906 g/mol. The molecule has 10 rings (SSSR count). The summed E-state index contributed by atoms with van der Waals surface area (Å²) >= 11 is 24.1. The molecule has 64 heavy (non-hydrogen) atoms. The van der Waals surface area contributed by atoms with Crippen LogP contribution in [0, 0.1) is 0 Å². The summed E-state index contributed by atoms with van der Waals surface area (Å²) in [5.41, 5.74) is 19.9. The Hall–Kier alpha value is -5.36. The molecular formula is C44H52Cl4N10O6. The van der Waals surface area contributed by atoms with E-state index in [-0.39, 0.29) is 60.4 Å². The number of nitrogens with two attached hydrogens (primary N) is 2. The third kappa shape index (κ3) is 8.74. The van der Waals surface area contributed by atoms with Gasteiger partial charge in [0.2, 0.25) is 11.8 Å². The van der Waals surface area contributed by atoms with E-state index in [2.05, 4.69) is 22.0 Å². The normalized spacial score (nSPS) is 16.8. The minimum absolute atomic E-state index is 0. The first-order chi connectivity index (χ1) is 28.7. The number of carbonyl (C=O) groups is 2. The lowest BCUT2D eigenvalue weighted by Crippen LogP contribution is -2.40. The topological polar surface area (TPSA) is 221 Å². The number of aliphatic hydroxyl groups is 2. The van der Waals surface area contributed by atoms with Crippen LogP contribution in [0.5, 0.6) is 0 Å². The lowest BCUT2D eigenvalue weighted by Gasteiger charge is -2.27. The van der Waals surface area contributed by atoms with Gasteiger partial charge in [-0.3, -0.25) is 19.0 Å². The van der Waals surface area contributed by atoms with Gasteiger partial charge in [-0.2, -0.15) is 10.2 Å². The molecule has 0 bridgehead atoms. The number of aromatic nitrogens is 6. The molecule has 4 aliphatic heterocycles. The minimum Gasteiger partial charge on any atom is -0.393 e. The fraction of sp³-hybridized carbons (Fsp3) is 0.364. The SMILES string of the molecule is C.C.C.C.C=C1Cc2c(noc2N)-c2c3c(nn2C1)CCN(C(=O)c1ccc(Cl)c(Cl)c1)C3.Nc1onc2c1CC(O)(CO)Cn1nc3c(c1-2)CN(C(=O)c1ccc(Cl)c(Cl)c1)CC3. The zero-order valence-electron chi connectivity index (χ0n) is 31.7. The van der Waals surface area contributed by atoms with Crippen molar-refractivity contribution in [3.63, 3.8) is 0 Å². The fourth-order valence-electron chi connectivity index (χ4n) is 8.23. The Morgan fingerprint density at radius 3 is 1.67 bits per heavy atom. The second-order valence-corrected chi connectivity index (χ2v) is 16.9. The monoisotopic (exact) mass is 956 g/mol. The summed E-state index contributed by atoms with van der Waals surface area (Å²) in [7, 11) is 0. The van der Waals surface area contributed by atoms with Crippen LogP contribution < -0.4 is 11.5 Å². The van der Waals surface area contributed by atoms with Crippen LogP contribution in [0.1, 0.15) is 84.1 Å². The Bertz CT molecular complexity index is 2760. The van der Waals surface area contributed by atoms with E-state index < -0.39 is 12.2 Å². The summed E-state index contributed by atoms with van der Waals surface area (Å²) in [6.07, 6.45) is 1.85. The number of fused-ring (bicyclic) bond motifs is 10. The van der Waals surface area contributed by atoms with Gasteiger partial charge in [0.05, 0.1) is 81.2 Å². The second kappa shape index (κ2) is 19.0. The van der Waals surface area contributed by atoms with Crippen LogP contribution in [-0.2, 0) is 51.9 Å². The molecule has 2 aromatic carbocycles. The van der Waals surface area contributed by atoms with Crippen molar-refractivity contribution in [1.82, 2.24) is 39.7 Å². The number of anilines is 2. The first-order valence-corrected chi connectivity index (χ1v) is 20.4. The van der Waals surface area contributed by atoms with Crippen molar-refractivity contribution >= 4 is 70.0 Å². The third-order valence-corrected chi connectivity index (χ3v) is 12.7. The van der Waals surface area contributed by atoms with E-state index in [9.17, 15) is 19.8 Å². The molecule has 6 aromatic rings. The number of rotatable bonds is 3. The van der Waals surface area contributed by atoms with Crippen LogP contribution >= 0.6 is 46.4 Å². The Morgan fingerprint density at radius 2 is 1.17 bits per heavy atom. The quantitative estimate of drug-likeness (QED) is 0.123. The molecule has 1 atom stereocenters. The second-order valence-electron chi connectivity index (χ2n) is 15.3. The van der Waals surface area contributed by atoms with Gasteiger partial charge in [0, 0.05) is 66.6 Å². The highest BCUT2D eigenvalue weighted by atomic mass is 35.5. The lowest BCUT2D eigenvalue weighted by atomic mass is 9.95. The molecule has 20 heteroatoms. The number of benzene rings is 2. The first kappa shape index (κ1) is 49.7. The van der Waals surface area contributed by atoms with Gasteiger partial charge in [-0.25, -0.2) is 0 Å². The molecule has 6 N–H and O–H groups in total. The fourth-order valence-corrected chi connectivity index (χ4v) is 8.82. The van der Waals surface area contributed by atoms with Gasteiger partial charge in [0.1, 0.15) is 17.0 Å². The van der Waals surface area contributed by atoms with Crippen molar-refractivity contribution in [3.05, 3.63) is 113 Å². The molecule has 0 spiro atoms. The standard InChI is InChI=1S/C20H19Cl2N5O4.C20H17Cl2N5O2.4CH4/c21-13-2-1-10(5-14(13)22)19(29)26-4-3-15-12(7-26)17-16-11(18(23)31-25-16)6-20(30,9-28)8-27(17)24-15;1-10-6-12-17(25-29-19(12)23)18-13-9-26(5-4-16(13)24-27(18)8-10)20(28)11-2-3-14(21)15(22)7-11;;;;/h1-2,5,28,30H,3-4,6-9,23H2;2-3,7H,1,4-6,8-9,23H2;4*1H4. The van der Waals surface area contributed by atoms with Gasteiger partial charge in [0.15, 0.2) is 0 Å². The molecule has 4 aliphatic rings. The summed E-state index contributed by atoms with van der Waals surface area (Å²) in [6, 6.07) is 9.71. The molecule has 0 aliphatic carbocycles. The van der Waals surface area contributed by atoms with Crippen LogP contribution in [0.3, 0.4) is 0 Å². The van der Waals surface area contributed by atoms with E-state index in [4.69, 9.17) is 72.0 Å². The number of nitrogen functional groups attached to an aromatic ring is 2. The van der Waals surface area contributed by atoms with E-state index >= 15 is 0 Å². The maximum Gasteiger partial charge on any atom is 0.254 e. The van der Waals surface area contributed by atoms with Crippen molar-refractivity contribution in [2.45, 2.75) is 87.2 Å². The maximum atomic E-state index is 13.1. The van der Waals surface area contributed by atoms with E-state index in [0.717, 1.165) is 39.3 Å². The van der Waals surface area contributed by atoms with Crippen molar-refractivity contribution < 1.29 is 28.8 Å². The average molecular weight is 959 g/mol. The Labute approximate surface area is 391 Å². The smallest absolute Gasteiger partial charge is 0.254 e. The number of carbonyl (C=O) groups excluding carboxylic acids is 2. The predicted octanol–water partition coefficient (Wildman–Crippen LogP) is 8.19. The number of aliphatic hydroxyl groups excluding tert-OH is 1. The Morgan fingerprint density at radius 1 is 0.703 bits per heavy atom. The molecule has 0 radical (unpaired) electrons. The molecule has 1 unspecified atom stereocenters. The Balaban J connectivity index is 0.000000227. The van der Waals surface area contributed by atoms with Crippen LogP contribution in [0.2, 0.25) is 20.1 Å². The Kier molecular flexibility index (Phi) is 14.7. The van der Waals surface area contributed by atoms with Gasteiger partial charge in [-0.15, -0.1) is 0 Å². The van der Waals surface area contributed by atoms with Crippen LogP contribution in [0.25, 0.3) is 22.8 Å². The number of halogens is 4. The van der Waals surface area contributed by atoms with Gasteiger partial charge >= 0.3 is 0 Å². The van der Waals surface area contributed by atoms with Gasteiger partial charge in [-0.05, 0) is 36.4 Å². The minimum atomic E-state index is -1.45. The third-order valence-electron chi connectivity index (χ3n) is 11.2. The van der Waals surface area contributed by atoms with Crippen molar-refractivity contribution in [2.24, 2.45) is 0 Å². The number of amides is 2. The van der Waals surface area contributed by atoms with Gasteiger partial charge < -0.3 is 40.5 Å². The van der Waals surface area contributed by atoms with Crippen molar-refractivity contribution in [3.8, 4) is 22.8 Å². The van der Waals surface area contributed by atoms with E-state index in [1.54, 1.807) is 50.9 Å². The van der Waals surface area contributed by atoms with Crippen molar-refractivity contribution in [2.75, 3.05) is 31.2 Å². The van der Waals surface area contributed by atoms with Crippen LogP contribution in [-0.4, -0.2) is 87.0 Å². The molecule has 2 amide bonds. The van der Waals surface area contributed by atoms with Crippen molar-refractivity contribution in [1.29, 1.82) is 0 Å². The largest absolute Gasteiger partial charge is 0.393 e. The maximum absolute atomic E-state index is 13.1. The van der Waals surface area contributed by atoms with E-state index in [1.165, 1.54) is 0 Å². The molecule has 4 aromatic heterocycles. The number of hydrogen-bond donors (Lipinski definition) is 4. The van der Waals surface area contributed by atoms with E-state index in [0.29, 0.717) is 112 Å². The highest BCUT2D eigenvalue weighted by Crippen LogP contribution is 2.41. The molecule has 8 heterocycles. The average Bonchev–Trinajstić information content (AvgIpc) is 3.93. The highest BCUT2D eigenvalue weighted by molar-refractivity contribution is 6.42. The highest BCUT2D eigenvalue weighted by Gasteiger charge is 2.40. The zero-order chi connectivity index (χ0) is 42.2. The van der Waals surface area contributed by atoms with Crippen LogP contribution in [0.4, 0.5) is 11.8 Å². The lowest BCUT2D eigenvalue weighted by molar-refractivity contribution is -0.0285. The summed E-state index contributed by atoms with van der Waals surface area (Å²) in [6.45, 7) is 6.07. The predicted molar refractivity (Wildman–Crippen MR) is 250 cm³/mol. The number of hydrogen-bond acceptors (Lipinski definition) is 12. The first-order valence-electron chi connectivity index (χ1n) is 18.9. The number of nitrogens with zero attached hydrogens (tertiary/aromatic N) is 8. The molecule has 0 saturated carbocycles.